The fourth-order valence-electron chi connectivity index (χ4n) is 3.58. The Bertz CT molecular complexity index is 952. The Morgan fingerprint density at radius 2 is 1.91 bits per heavy atom. The molecule has 2 aliphatic rings. The van der Waals surface area contributed by atoms with Crippen molar-refractivity contribution in [2.45, 2.75) is 37.2 Å². The number of aliphatic carboxylic acids is 1. The van der Waals surface area contributed by atoms with Crippen molar-refractivity contribution in [1.29, 1.82) is 0 Å². The Morgan fingerprint density at radius 1 is 1.25 bits per heavy atom. The summed E-state index contributed by atoms with van der Waals surface area (Å²) in [5, 5.41) is 10.1. The van der Waals surface area contributed by atoms with Crippen LogP contribution in [0, 0.1) is 5.82 Å². The lowest BCUT2D eigenvalue weighted by Gasteiger charge is -2.32. The summed E-state index contributed by atoms with van der Waals surface area (Å²) >= 11 is 0. The van der Waals surface area contributed by atoms with Gasteiger partial charge >= 0.3 is 12.1 Å². The van der Waals surface area contributed by atoms with E-state index in [0.29, 0.717) is 24.9 Å². The molecule has 0 aliphatic carbocycles. The van der Waals surface area contributed by atoms with Crippen molar-refractivity contribution in [3.8, 4) is 0 Å². The third kappa shape index (κ3) is 5.30. The third-order valence-corrected chi connectivity index (χ3v) is 4.97. The Hall–Kier alpha value is -3.29. The highest BCUT2D eigenvalue weighted by molar-refractivity contribution is 5.91. The van der Waals surface area contributed by atoms with Crippen LogP contribution in [0.5, 0.6) is 0 Å². The van der Waals surface area contributed by atoms with Gasteiger partial charge in [0.15, 0.2) is 11.6 Å². The number of amides is 1. The first-order chi connectivity index (χ1) is 15.1. The minimum Gasteiger partial charge on any atom is -0.475 e. The predicted molar refractivity (Wildman–Crippen MR) is 100 cm³/mol. The number of hydrogen-bond acceptors (Lipinski definition) is 7. The van der Waals surface area contributed by atoms with Gasteiger partial charge in [0.25, 0.3) is 5.91 Å². The summed E-state index contributed by atoms with van der Waals surface area (Å²) in [6, 6.07) is -0.144. The van der Waals surface area contributed by atoms with Gasteiger partial charge in [0.1, 0.15) is 0 Å². The highest BCUT2D eigenvalue weighted by Crippen LogP contribution is 2.31. The number of carbonyl (C=O) groups excluding carboxylic acids is 1. The van der Waals surface area contributed by atoms with Gasteiger partial charge in [-0.3, -0.25) is 4.79 Å². The topological polar surface area (TPSA) is 122 Å². The summed E-state index contributed by atoms with van der Waals surface area (Å²) in [6.07, 6.45) is 2.23. The average Bonchev–Trinajstić information content (AvgIpc) is 3.32. The second-order valence-corrected chi connectivity index (χ2v) is 7.14. The molecule has 0 spiro atoms. The first kappa shape index (κ1) is 23.4. The molecule has 0 aromatic carbocycles. The van der Waals surface area contributed by atoms with E-state index in [1.165, 1.54) is 0 Å². The lowest BCUT2D eigenvalue weighted by molar-refractivity contribution is -0.192. The maximum atomic E-state index is 13.1. The van der Waals surface area contributed by atoms with Crippen molar-refractivity contribution >= 4 is 17.8 Å². The maximum Gasteiger partial charge on any atom is 0.490 e. The summed E-state index contributed by atoms with van der Waals surface area (Å²) in [5.74, 6) is -2.67. The second kappa shape index (κ2) is 9.46. The number of aryl methyl sites for hydroxylation is 1. The van der Waals surface area contributed by atoms with E-state index in [2.05, 4.69) is 20.3 Å². The van der Waals surface area contributed by atoms with Gasteiger partial charge in [0.2, 0.25) is 5.95 Å². The first-order valence-corrected chi connectivity index (χ1v) is 9.52. The summed E-state index contributed by atoms with van der Waals surface area (Å²) in [6.45, 7) is 1.17. The number of carboxylic acid groups (broad SMARTS) is 1. The molecule has 32 heavy (non-hydrogen) atoms. The number of aromatic nitrogens is 4. The van der Waals surface area contributed by atoms with Crippen LogP contribution in [0.3, 0.4) is 0 Å². The number of carboxylic acids is 1. The van der Waals surface area contributed by atoms with Gasteiger partial charge in [0.05, 0.1) is 30.6 Å². The largest absolute Gasteiger partial charge is 0.490 e. The number of alkyl halides is 3. The highest BCUT2D eigenvalue weighted by Gasteiger charge is 2.46. The molecule has 0 saturated carbocycles. The molecule has 3 atom stereocenters. The molecule has 0 radical (unpaired) electrons. The molecule has 14 heteroatoms. The number of ether oxygens (including phenoxy) is 1. The Morgan fingerprint density at radius 3 is 2.47 bits per heavy atom. The van der Waals surface area contributed by atoms with Gasteiger partial charge in [-0.05, 0) is 12.8 Å². The maximum absolute atomic E-state index is 13.1. The summed E-state index contributed by atoms with van der Waals surface area (Å²) in [4.78, 5) is 35.6. The number of anilines is 1. The van der Waals surface area contributed by atoms with E-state index in [1.807, 2.05) is 4.90 Å². The Kier molecular flexibility index (Phi) is 6.91. The molecule has 4 rings (SSSR count). The molecule has 2 N–H and O–H groups in total. The van der Waals surface area contributed by atoms with Gasteiger partial charge in [-0.15, -0.1) is 0 Å². The number of rotatable bonds is 3. The molecular formula is C18H20F4N6O4. The number of hydrogen-bond donors (Lipinski definition) is 2. The second-order valence-electron chi connectivity index (χ2n) is 7.14. The van der Waals surface area contributed by atoms with Gasteiger partial charge in [-0.1, -0.05) is 0 Å². The van der Waals surface area contributed by atoms with Crippen LogP contribution in [0.4, 0.5) is 23.5 Å². The van der Waals surface area contributed by atoms with Crippen LogP contribution in [0.15, 0.2) is 24.8 Å². The molecule has 0 bridgehead atoms. The summed E-state index contributed by atoms with van der Waals surface area (Å²) in [5.41, 5.74) is 0. The molecule has 4 heterocycles. The fraction of sp³-hybridized carbons (Fsp3) is 0.500. The minimum atomic E-state index is -5.08. The van der Waals surface area contributed by atoms with Crippen LogP contribution < -0.4 is 10.2 Å². The lowest BCUT2D eigenvalue weighted by Crippen LogP contribution is -2.48. The van der Waals surface area contributed by atoms with Gasteiger partial charge < -0.3 is 24.6 Å². The molecule has 2 aromatic rings. The van der Waals surface area contributed by atoms with Gasteiger partial charge in [0, 0.05) is 32.6 Å². The molecule has 2 aromatic heterocycles. The van der Waals surface area contributed by atoms with E-state index in [0.717, 1.165) is 25.2 Å². The van der Waals surface area contributed by atoms with Crippen LogP contribution >= 0.6 is 0 Å². The molecule has 0 unspecified atom stereocenters. The number of nitrogens with zero attached hydrogens (tertiary/aromatic N) is 5. The Balaban J connectivity index is 0.000000360. The first-order valence-electron chi connectivity index (χ1n) is 9.52. The van der Waals surface area contributed by atoms with E-state index in [9.17, 15) is 22.4 Å². The van der Waals surface area contributed by atoms with Crippen molar-refractivity contribution in [3.63, 3.8) is 0 Å². The number of halogens is 4. The van der Waals surface area contributed by atoms with Crippen molar-refractivity contribution in [2.24, 2.45) is 7.05 Å². The zero-order valence-corrected chi connectivity index (χ0v) is 16.8. The van der Waals surface area contributed by atoms with E-state index >= 15 is 0 Å². The van der Waals surface area contributed by atoms with Crippen LogP contribution in [0.1, 0.15) is 23.5 Å². The van der Waals surface area contributed by atoms with Gasteiger partial charge in [-0.25, -0.2) is 24.1 Å². The van der Waals surface area contributed by atoms with Crippen molar-refractivity contribution in [1.82, 2.24) is 24.8 Å². The fourth-order valence-corrected chi connectivity index (χ4v) is 3.58. The number of carbonyl (C=O) groups is 2. The van der Waals surface area contributed by atoms with E-state index < -0.39 is 18.0 Å². The van der Waals surface area contributed by atoms with Crippen LogP contribution in [0.25, 0.3) is 0 Å². The van der Waals surface area contributed by atoms with Crippen LogP contribution in [-0.4, -0.2) is 74.0 Å². The van der Waals surface area contributed by atoms with Crippen LogP contribution in [0.2, 0.25) is 0 Å². The van der Waals surface area contributed by atoms with E-state index in [-0.39, 0.29) is 24.1 Å². The zero-order valence-electron chi connectivity index (χ0n) is 16.8. The Labute approximate surface area is 179 Å². The minimum absolute atomic E-state index is 0.0610. The van der Waals surface area contributed by atoms with Crippen LogP contribution in [-0.2, 0) is 16.6 Å². The van der Waals surface area contributed by atoms with Gasteiger partial charge in [-0.2, -0.15) is 13.2 Å². The third-order valence-electron chi connectivity index (χ3n) is 4.97. The number of nitrogens with one attached hydrogen (secondary N) is 1. The standard InChI is InChI=1S/C16H19FN6O2.C2HF3O2/c1-22-5-4-18-14(22)15(24)21-11-9-23(12-3-2-6-25-13(11)12)16-19-7-10(17)8-20-16;3-2(4,5)1(6)7/h4-5,7-8,11-13H,2-3,6,9H2,1H3,(H,21,24);(H,6,7)/t11-,12-,13-;/m1./s1. The normalized spacial score (nSPS) is 22.5. The summed E-state index contributed by atoms with van der Waals surface area (Å²) < 4.78 is 52.4. The lowest BCUT2D eigenvalue weighted by atomic mass is 10.0. The van der Waals surface area contributed by atoms with Crippen molar-refractivity contribution in [2.75, 3.05) is 18.1 Å². The molecule has 2 fully saturated rings. The number of imidazole rings is 1. The molecule has 2 aliphatic heterocycles. The van der Waals surface area contributed by atoms with Crippen molar-refractivity contribution in [3.05, 3.63) is 36.4 Å². The SMILES string of the molecule is Cn1ccnc1C(=O)N[C@@H]1CN(c2ncc(F)cn2)[C@@H]2CCCO[C@@H]21.O=C(O)C(F)(F)F. The monoisotopic (exact) mass is 460 g/mol. The predicted octanol–water partition coefficient (Wildman–Crippen LogP) is 1.15. The van der Waals surface area contributed by atoms with E-state index in [1.54, 1.807) is 24.0 Å². The quantitative estimate of drug-likeness (QED) is 0.655. The number of fused-ring (bicyclic) bond motifs is 1. The molecule has 2 saturated heterocycles. The molecular weight excluding hydrogens is 440 g/mol. The molecule has 10 nitrogen and oxygen atoms in total. The molecule has 174 valence electrons. The summed E-state index contributed by atoms with van der Waals surface area (Å²) in [7, 11) is 1.77. The zero-order chi connectivity index (χ0) is 23.5. The van der Waals surface area contributed by atoms with E-state index in [4.69, 9.17) is 14.6 Å². The highest BCUT2D eigenvalue weighted by atomic mass is 19.4. The smallest absolute Gasteiger partial charge is 0.475 e. The average molecular weight is 460 g/mol. The van der Waals surface area contributed by atoms with Crippen molar-refractivity contribution < 1.29 is 37.0 Å². The molecule has 1 amide bonds.